The molecule has 0 aromatic heterocycles. The van der Waals surface area contributed by atoms with Crippen LogP contribution >= 0.6 is 24.0 Å². The van der Waals surface area contributed by atoms with Gasteiger partial charge in [-0.05, 0) is 30.5 Å². The number of thioether (sulfide) groups is 1. The van der Waals surface area contributed by atoms with E-state index in [2.05, 4.69) is 42.6 Å². The molecule has 2 rings (SSSR count). The zero-order chi connectivity index (χ0) is 13.8. The molecule has 4 heteroatoms. The number of thiocarbonyl (C=S) groups is 1. The highest BCUT2D eigenvalue weighted by Crippen LogP contribution is 2.23. The third-order valence-corrected chi connectivity index (χ3v) is 5.31. The fraction of sp³-hybridized carbons (Fsp3) is 0.533. The van der Waals surface area contributed by atoms with E-state index < -0.39 is 0 Å². The average molecular weight is 294 g/mol. The fourth-order valence-corrected chi connectivity index (χ4v) is 3.81. The van der Waals surface area contributed by atoms with Crippen LogP contribution in [0.3, 0.4) is 0 Å². The molecule has 1 aliphatic rings. The lowest BCUT2D eigenvalue weighted by molar-refractivity contribution is 0.272. The summed E-state index contributed by atoms with van der Waals surface area (Å²) >= 11 is 7.13. The molecular weight excluding hydrogens is 272 g/mol. The molecule has 0 amide bonds. The number of nitrogens with zero attached hydrogens (tertiary/aromatic N) is 1. The van der Waals surface area contributed by atoms with Crippen molar-refractivity contribution in [1.29, 1.82) is 0 Å². The van der Waals surface area contributed by atoms with Gasteiger partial charge in [-0.25, -0.2) is 0 Å². The standard InChI is InChI=1S/C15H22N2S2/c1-3-14-10-17(6-7-19-14)9-13-5-4-12(15(16)18)8-11(13)2/h4-5,8,14H,3,6-7,9-10H2,1-2H3,(H2,16,18). The molecule has 0 bridgehead atoms. The molecule has 1 saturated heterocycles. The quantitative estimate of drug-likeness (QED) is 0.865. The normalized spacial score (nSPS) is 20.4. The number of aryl methyl sites for hydroxylation is 1. The van der Waals surface area contributed by atoms with Gasteiger partial charge in [0.25, 0.3) is 0 Å². The van der Waals surface area contributed by atoms with E-state index in [0.717, 1.165) is 17.4 Å². The Morgan fingerprint density at radius 1 is 1.53 bits per heavy atom. The minimum Gasteiger partial charge on any atom is -0.389 e. The van der Waals surface area contributed by atoms with Gasteiger partial charge >= 0.3 is 0 Å². The number of rotatable bonds is 4. The molecule has 1 fully saturated rings. The Balaban J connectivity index is 2.04. The van der Waals surface area contributed by atoms with E-state index >= 15 is 0 Å². The van der Waals surface area contributed by atoms with Crippen molar-refractivity contribution in [3.05, 3.63) is 34.9 Å². The Labute approximate surface area is 125 Å². The second-order valence-corrected chi connectivity index (χ2v) is 6.99. The van der Waals surface area contributed by atoms with E-state index in [1.54, 1.807) is 0 Å². The number of nitrogens with two attached hydrogens (primary N) is 1. The summed E-state index contributed by atoms with van der Waals surface area (Å²) in [5, 5.41) is 0.796. The van der Waals surface area contributed by atoms with Crippen LogP contribution in [0.2, 0.25) is 0 Å². The van der Waals surface area contributed by atoms with Crippen LogP contribution in [0.1, 0.15) is 30.0 Å². The zero-order valence-electron chi connectivity index (χ0n) is 11.7. The predicted octanol–water partition coefficient (Wildman–Crippen LogP) is 2.96. The summed E-state index contributed by atoms with van der Waals surface area (Å²) in [7, 11) is 0. The van der Waals surface area contributed by atoms with Crippen molar-refractivity contribution in [1.82, 2.24) is 4.90 Å². The largest absolute Gasteiger partial charge is 0.389 e. The Morgan fingerprint density at radius 3 is 2.95 bits per heavy atom. The molecule has 104 valence electrons. The highest BCUT2D eigenvalue weighted by molar-refractivity contribution is 8.00. The van der Waals surface area contributed by atoms with E-state index in [-0.39, 0.29) is 0 Å². The molecule has 0 radical (unpaired) electrons. The van der Waals surface area contributed by atoms with Gasteiger partial charge in [-0.15, -0.1) is 0 Å². The van der Waals surface area contributed by atoms with Gasteiger partial charge < -0.3 is 5.73 Å². The molecule has 2 nitrogen and oxygen atoms in total. The first kappa shape index (κ1) is 14.8. The number of hydrogen-bond donors (Lipinski definition) is 1. The van der Waals surface area contributed by atoms with Gasteiger partial charge in [0.05, 0.1) is 0 Å². The van der Waals surface area contributed by atoms with Crippen LogP contribution in [0.5, 0.6) is 0 Å². The summed E-state index contributed by atoms with van der Waals surface area (Å²) in [6.45, 7) is 7.87. The van der Waals surface area contributed by atoms with E-state index in [4.69, 9.17) is 18.0 Å². The van der Waals surface area contributed by atoms with E-state index in [0.29, 0.717) is 4.99 Å². The molecule has 19 heavy (non-hydrogen) atoms. The smallest absolute Gasteiger partial charge is 0.103 e. The summed E-state index contributed by atoms with van der Waals surface area (Å²) in [4.78, 5) is 3.04. The van der Waals surface area contributed by atoms with Crippen LogP contribution < -0.4 is 5.73 Å². The molecule has 1 aromatic carbocycles. The van der Waals surface area contributed by atoms with Crippen LogP contribution in [-0.2, 0) is 6.54 Å². The van der Waals surface area contributed by atoms with Gasteiger partial charge in [0.1, 0.15) is 4.99 Å². The average Bonchev–Trinajstić information content (AvgIpc) is 2.41. The summed E-state index contributed by atoms with van der Waals surface area (Å²) < 4.78 is 0. The van der Waals surface area contributed by atoms with Crippen LogP contribution in [-0.4, -0.2) is 34.0 Å². The van der Waals surface area contributed by atoms with Gasteiger partial charge in [0.2, 0.25) is 0 Å². The second-order valence-electron chi connectivity index (χ2n) is 5.14. The minimum atomic E-state index is 0.482. The van der Waals surface area contributed by atoms with Crippen molar-refractivity contribution in [3.8, 4) is 0 Å². The SMILES string of the molecule is CCC1CN(Cc2ccc(C(N)=S)cc2C)CCS1. The van der Waals surface area contributed by atoms with Crippen molar-refractivity contribution >= 4 is 29.0 Å². The molecular formula is C15H22N2S2. The maximum Gasteiger partial charge on any atom is 0.103 e. The molecule has 1 unspecified atom stereocenters. The van der Waals surface area contributed by atoms with E-state index in [1.165, 1.54) is 36.4 Å². The number of benzene rings is 1. The van der Waals surface area contributed by atoms with Crippen molar-refractivity contribution in [2.24, 2.45) is 5.73 Å². The van der Waals surface area contributed by atoms with Crippen LogP contribution in [0.25, 0.3) is 0 Å². The van der Waals surface area contributed by atoms with Gasteiger partial charge in [0.15, 0.2) is 0 Å². The molecule has 0 aliphatic carbocycles. The summed E-state index contributed by atoms with van der Waals surface area (Å²) in [6, 6.07) is 6.32. The van der Waals surface area contributed by atoms with Crippen molar-refractivity contribution in [2.45, 2.75) is 32.1 Å². The van der Waals surface area contributed by atoms with E-state index in [9.17, 15) is 0 Å². The molecule has 0 saturated carbocycles. The Morgan fingerprint density at radius 2 is 2.32 bits per heavy atom. The first-order chi connectivity index (χ1) is 9.10. The highest BCUT2D eigenvalue weighted by atomic mass is 32.2. The third kappa shape index (κ3) is 3.94. The molecule has 0 spiro atoms. The maximum atomic E-state index is 5.67. The molecule has 1 heterocycles. The van der Waals surface area contributed by atoms with Crippen LogP contribution in [0.15, 0.2) is 18.2 Å². The predicted molar refractivity (Wildman–Crippen MR) is 88.9 cm³/mol. The maximum absolute atomic E-state index is 5.67. The topological polar surface area (TPSA) is 29.3 Å². The Hall–Kier alpha value is -0.580. The first-order valence-electron chi connectivity index (χ1n) is 6.83. The van der Waals surface area contributed by atoms with Gasteiger partial charge in [-0.2, -0.15) is 11.8 Å². The Kier molecular flexibility index (Phi) is 5.25. The monoisotopic (exact) mass is 294 g/mol. The molecule has 1 aromatic rings. The molecule has 1 atom stereocenters. The first-order valence-corrected chi connectivity index (χ1v) is 8.29. The second kappa shape index (κ2) is 6.73. The molecule has 2 N–H and O–H groups in total. The van der Waals surface area contributed by atoms with Gasteiger partial charge in [-0.1, -0.05) is 31.3 Å². The lowest BCUT2D eigenvalue weighted by Gasteiger charge is -2.32. The minimum absolute atomic E-state index is 0.482. The highest BCUT2D eigenvalue weighted by Gasteiger charge is 2.19. The van der Waals surface area contributed by atoms with Crippen LogP contribution in [0, 0.1) is 6.92 Å². The Bertz CT molecular complexity index is 459. The number of hydrogen-bond acceptors (Lipinski definition) is 3. The van der Waals surface area contributed by atoms with Gasteiger partial charge in [-0.3, -0.25) is 4.90 Å². The molecule has 1 aliphatic heterocycles. The summed E-state index contributed by atoms with van der Waals surface area (Å²) in [6.07, 6.45) is 1.26. The fourth-order valence-electron chi connectivity index (χ4n) is 2.44. The van der Waals surface area contributed by atoms with Crippen LogP contribution in [0.4, 0.5) is 0 Å². The van der Waals surface area contributed by atoms with Crippen molar-refractivity contribution < 1.29 is 0 Å². The summed E-state index contributed by atoms with van der Waals surface area (Å²) in [5.74, 6) is 1.25. The van der Waals surface area contributed by atoms with Crippen molar-refractivity contribution in [2.75, 3.05) is 18.8 Å². The lowest BCUT2D eigenvalue weighted by atomic mass is 10.0. The summed E-state index contributed by atoms with van der Waals surface area (Å²) in [5.41, 5.74) is 9.32. The third-order valence-electron chi connectivity index (χ3n) is 3.70. The zero-order valence-corrected chi connectivity index (χ0v) is 13.3. The van der Waals surface area contributed by atoms with Gasteiger partial charge in [0, 0.05) is 36.2 Å². The lowest BCUT2D eigenvalue weighted by Crippen LogP contribution is -2.37. The van der Waals surface area contributed by atoms with Crippen molar-refractivity contribution in [3.63, 3.8) is 0 Å². The van der Waals surface area contributed by atoms with E-state index in [1.807, 2.05) is 6.07 Å².